The number of oxime groups is 1. The Kier molecular flexibility index (Phi) is 4.84. The molecule has 110 valence electrons. The van der Waals surface area contributed by atoms with Crippen molar-refractivity contribution in [2.75, 3.05) is 24.6 Å². The first-order valence-electron chi connectivity index (χ1n) is 7.10. The Balaban J connectivity index is 2.15. The molecule has 2 rings (SSSR count). The molecule has 0 saturated carbocycles. The largest absolute Gasteiger partial charge is 0.409 e. The lowest BCUT2D eigenvalue weighted by Crippen LogP contribution is -2.39. The zero-order valence-electron chi connectivity index (χ0n) is 12.2. The molecule has 0 bridgehead atoms. The molecule has 1 aliphatic rings. The van der Waals surface area contributed by atoms with E-state index in [9.17, 15) is 0 Å². The van der Waals surface area contributed by atoms with E-state index >= 15 is 0 Å². The Hall–Kier alpha value is -1.75. The molecular formula is C15H23N3O2. The van der Waals surface area contributed by atoms with E-state index < -0.39 is 0 Å². The van der Waals surface area contributed by atoms with Crippen molar-refractivity contribution in [3.63, 3.8) is 0 Å². The Bertz CT molecular complexity index is 486. The molecule has 5 nitrogen and oxygen atoms in total. The third kappa shape index (κ3) is 3.22. The van der Waals surface area contributed by atoms with Crippen LogP contribution in [0.1, 0.15) is 30.9 Å². The van der Waals surface area contributed by atoms with Crippen LogP contribution in [0, 0.1) is 6.92 Å². The third-order valence-electron chi connectivity index (χ3n) is 3.74. The summed E-state index contributed by atoms with van der Waals surface area (Å²) in [7, 11) is 0. The van der Waals surface area contributed by atoms with Gasteiger partial charge < -0.3 is 20.6 Å². The molecule has 0 radical (unpaired) electrons. The summed E-state index contributed by atoms with van der Waals surface area (Å²) >= 11 is 0. The standard InChI is InChI=1S/C15H23N3O2/c1-3-20-13-5-4-8-18(10-13)12-6-7-14(11(2)9-12)15(16)17-19/h6-7,9,13,19H,3-5,8,10H2,1-2H3,(H2,16,17). The minimum absolute atomic E-state index is 0.153. The van der Waals surface area contributed by atoms with Gasteiger partial charge in [-0.3, -0.25) is 0 Å². The molecular weight excluding hydrogens is 254 g/mol. The van der Waals surface area contributed by atoms with Crippen LogP contribution in [0.25, 0.3) is 0 Å². The van der Waals surface area contributed by atoms with Crippen molar-refractivity contribution in [1.29, 1.82) is 0 Å². The fraction of sp³-hybridized carbons (Fsp3) is 0.533. The van der Waals surface area contributed by atoms with E-state index in [-0.39, 0.29) is 5.84 Å². The average Bonchev–Trinajstić information content (AvgIpc) is 2.47. The average molecular weight is 277 g/mol. The number of anilines is 1. The maximum atomic E-state index is 8.76. The molecule has 0 amide bonds. The summed E-state index contributed by atoms with van der Waals surface area (Å²) in [5.41, 5.74) is 8.60. The molecule has 1 saturated heterocycles. The molecule has 1 aliphatic heterocycles. The molecule has 1 fully saturated rings. The van der Waals surface area contributed by atoms with Crippen molar-refractivity contribution in [2.45, 2.75) is 32.8 Å². The van der Waals surface area contributed by atoms with Crippen LogP contribution >= 0.6 is 0 Å². The van der Waals surface area contributed by atoms with Crippen LogP contribution in [-0.2, 0) is 4.74 Å². The number of nitrogens with two attached hydrogens (primary N) is 1. The number of hydrogen-bond donors (Lipinski definition) is 2. The van der Waals surface area contributed by atoms with E-state index in [1.54, 1.807) is 0 Å². The summed E-state index contributed by atoms with van der Waals surface area (Å²) in [5.74, 6) is 0.153. The molecule has 1 heterocycles. The minimum Gasteiger partial charge on any atom is -0.409 e. The summed E-state index contributed by atoms with van der Waals surface area (Å²) in [6.45, 7) is 6.75. The van der Waals surface area contributed by atoms with Gasteiger partial charge in [-0.1, -0.05) is 5.16 Å². The highest BCUT2D eigenvalue weighted by molar-refractivity contribution is 5.98. The monoisotopic (exact) mass is 277 g/mol. The molecule has 20 heavy (non-hydrogen) atoms. The van der Waals surface area contributed by atoms with Gasteiger partial charge in [0.2, 0.25) is 0 Å². The predicted molar refractivity (Wildman–Crippen MR) is 80.6 cm³/mol. The SMILES string of the molecule is CCOC1CCCN(c2ccc(/C(N)=N/O)c(C)c2)C1. The first-order chi connectivity index (χ1) is 9.65. The smallest absolute Gasteiger partial charge is 0.170 e. The van der Waals surface area contributed by atoms with Gasteiger partial charge in [0.15, 0.2) is 5.84 Å². The lowest BCUT2D eigenvalue weighted by Gasteiger charge is -2.34. The van der Waals surface area contributed by atoms with Gasteiger partial charge in [0.1, 0.15) is 0 Å². The Morgan fingerprint density at radius 1 is 1.55 bits per heavy atom. The number of ether oxygens (including phenoxy) is 1. The number of rotatable bonds is 4. The second kappa shape index (κ2) is 6.61. The molecule has 1 aromatic carbocycles. The van der Waals surface area contributed by atoms with Crippen LogP contribution in [0.5, 0.6) is 0 Å². The quantitative estimate of drug-likeness (QED) is 0.382. The van der Waals surface area contributed by atoms with Crippen LogP contribution in [0.3, 0.4) is 0 Å². The van der Waals surface area contributed by atoms with Gasteiger partial charge in [0.05, 0.1) is 6.10 Å². The van der Waals surface area contributed by atoms with E-state index in [4.69, 9.17) is 15.7 Å². The van der Waals surface area contributed by atoms with Crippen molar-refractivity contribution >= 4 is 11.5 Å². The fourth-order valence-corrected chi connectivity index (χ4v) is 2.73. The second-order valence-corrected chi connectivity index (χ2v) is 5.15. The summed E-state index contributed by atoms with van der Waals surface area (Å²) in [5, 5.41) is 11.8. The lowest BCUT2D eigenvalue weighted by atomic mass is 10.0. The molecule has 3 N–H and O–H groups in total. The minimum atomic E-state index is 0.153. The van der Waals surface area contributed by atoms with Gasteiger partial charge in [-0.15, -0.1) is 0 Å². The second-order valence-electron chi connectivity index (χ2n) is 5.15. The van der Waals surface area contributed by atoms with Crippen molar-refractivity contribution in [1.82, 2.24) is 0 Å². The lowest BCUT2D eigenvalue weighted by molar-refractivity contribution is 0.0527. The van der Waals surface area contributed by atoms with Gasteiger partial charge in [-0.05, 0) is 50.5 Å². The highest BCUT2D eigenvalue weighted by atomic mass is 16.5. The maximum Gasteiger partial charge on any atom is 0.170 e. The van der Waals surface area contributed by atoms with Crippen molar-refractivity contribution in [3.05, 3.63) is 29.3 Å². The van der Waals surface area contributed by atoms with E-state index in [1.165, 1.54) is 5.69 Å². The van der Waals surface area contributed by atoms with E-state index in [2.05, 4.69) is 16.1 Å². The fourth-order valence-electron chi connectivity index (χ4n) is 2.73. The van der Waals surface area contributed by atoms with Gasteiger partial charge >= 0.3 is 0 Å². The van der Waals surface area contributed by atoms with Crippen LogP contribution in [0.2, 0.25) is 0 Å². The number of aryl methyl sites for hydroxylation is 1. The summed E-state index contributed by atoms with van der Waals surface area (Å²) < 4.78 is 5.73. The van der Waals surface area contributed by atoms with E-state index in [0.717, 1.165) is 43.7 Å². The summed E-state index contributed by atoms with van der Waals surface area (Å²) in [6.07, 6.45) is 2.59. The number of nitrogens with zero attached hydrogens (tertiary/aromatic N) is 2. The molecule has 1 unspecified atom stereocenters. The summed E-state index contributed by atoms with van der Waals surface area (Å²) in [4.78, 5) is 2.34. The van der Waals surface area contributed by atoms with Crippen LogP contribution in [0.4, 0.5) is 5.69 Å². The molecule has 0 aliphatic carbocycles. The predicted octanol–water partition coefficient (Wildman–Crippen LogP) is 2.09. The highest BCUT2D eigenvalue weighted by Gasteiger charge is 2.20. The molecule has 0 spiro atoms. The Labute approximate surface area is 120 Å². The van der Waals surface area contributed by atoms with E-state index in [0.29, 0.717) is 6.10 Å². The van der Waals surface area contributed by atoms with Gasteiger partial charge in [-0.2, -0.15) is 0 Å². The van der Waals surface area contributed by atoms with Gasteiger partial charge in [-0.25, -0.2) is 0 Å². The highest BCUT2D eigenvalue weighted by Crippen LogP contribution is 2.24. The first-order valence-corrected chi connectivity index (χ1v) is 7.10. The molecule has 0 aromatic heterocycles. The molecule has 1 atom stereocenters. The molecule has 5 heteroatoms. The van der Waals surface area contributed by atoms with Crippen molar-refractivity contribution in [3.8, 4) is 0 Å². The maximum absolute atomic E-state index is 8.76. The van der Waals surface area contributed by atoms with Crippen LogP contribution in [-0.4, -0.2) is 36.8 Å². The van der Waals surface area contributed by atoms with Crippen LogP contribution < -0.4 is 10.6 Å². The number of hydrogen-bond acceptors (Lipinski definition) is 4. The topological polar surface area (TPSA) is 71.1 Å². The summed E-state index contributed by atoms with van der Waals surface area (Å²) in [6, 6.07) is 6.01. The normalized spacial score (nSPS) is 20.2. The third-order valence-corrected chi connectivity index (χ3v) is 3.74. The van der Waals surface area contributed by atoms with E-state index in [1.807, 2.05) is 26.0 Å². The number of benzene rings is 1. The van der Waals surface area contributed by atoms with Gasteiger partial charge in [0, 0.05) is 30.9 Å². The van der Waals surface area contributed by atoms with Crippen molar-refractivity contribution < 1.29 is 9.94 Å². The number of amidine groups is 1. The zero-order chi connectivity index (χ0) is 14.5. The zero-order valence-corrected chi connectivity index (χ0v) is 12.2. The first kappa shape index (κ1) is 14.7. The number of piperidine rings is 1. The molecule has 1 aromatic rings. The van der Waals surface area contributed by atoms with Crippen molar-refractivity contribution in [2.24, 2.45) is 10.9 Å². The Morgan fingerprint density at radius 2 is 2.35 bits per heavy atom. The van der Waals surface area contributed by atoms with Gasteiger partial charge in [0.25, 0.3) is 0 Å². The van der Waals surface area contributed by atoms with Crippen LogP contribution in [0.15, 0.2) is 23.4 Å². The Morgan fingerprint density at radius 3 is 3.00 bits per heavy atom.